The lowest BCUT2D eigenvalue weighted by molar-refractivity contribution is 0.312. The van der Waals surface area contributed by atoms with Gasteiger partial charge in [0.15, 0.2) is 5.96 Å². The second-order valence-corrected chi connectivity index (χ2v) is 7.77. The number of piperazine rings is 1. The van der Waals surface area contributed by atoms with Gasteiger partial charge in [-0.3, -0.25) is 4.99 Å². The van der Waals surface area contributed by atoms with Crippen molar-refractivity contribution >= 4 is 11.8 Å². The van der Waals surface area contributed by atoms with Crippen LogP contribution in [0.4, 0.5) is 5.82 Å². The predicted octanol–water partition coefficient (Wildman–Crippen LogP) is 2.52. The third-order valence-corrected chi connectivity index (χ3v) is 5.43. The first-order chi connectivity index (χ1) is 14.2. The fourth-order valence-electron chi connectivity index (χ4n) is 3.58. The van der Waals surface area contributed by atoms with Gasteiger partial charge in [0.25, 0.3) is 0 Å². The maximum absolute atomic E-state index is 4.66. The van der Waals surface area contributed by atoms with Crippen LogP contribution in [0.5, 0.6) is 0 Å². The van der Waals surface area contributed by atoms with E-state index in [1.165, 1.54) is 11.1 Å². The molecule has 1 atom stereocenters. The average Bonchev–Trinajstić information content (AvgIpc) is 2.77. The highest BCUT2D eigenvalue weighted by Crippen LogP contribution is 2.18. The Labute approximate surface area is 175 Å². The summed E-state index contributed by atoms with van der Waals surface area (Å²) in [6.07, 6.45) is 4.00. The smallest absolute Gasteiger partial charge is 0.191 e. The molecule has 1 aromatic carbocycles. The van der Waals surface area contributed by atoms with Crippen LogP contribution in [-0.4, -0.2) is 62.2 Å². The number of aromatic nitrogens is 1. The minimum atomic E-state index is 0.340. The van der Waals surface area contributed by atoms with Gasteiger partial charge in [0.1, 0.15) is 5.82 Å². The summed E-state index contributed by atoms with van der Waals surface area (Å²) in [5.41, 5.74) is 2.58. The number of anilines is 1. The molecule has 2 N–H and O–H groups in total. The van der Waals surface area contributed by atoms with Crippen LogP contribution in [0.2, 0.25) is 0 Å². The highest BCUT2D eigenvalue weighted by molar-refractivity contribution is 5.80. The number of hydrogen-bond donors (Lipinski definition) is 2. The van der Waals surface area contributed by atoms with Crippen molar-refractivity contribution in [2.75, 3.05) is 45.2 Å². The number of pyridine rings is 1. The maximum atomic E-state index is 4.66. The zero-order chi connectivity index (χ0) is 20.5. The van der Waals surface area contributed by atoms with E-state index >= 15 is 0 Å². The molecule has 0 radical (unpaired) electrons. The van der Waals surface area contributed by atoms with Crippen LogP contribution in [0.25, 0.3) is 0 Å². The predicted molar refractivity (Wildman–Crippen MR) is 122 cm³/mol. The molecule has 156 valence electrons. The summed E-state index contributed by atoms with van der Waals surface area (Å²) in [5, 5.41) is 6.98. The molecule has 6 heteroatoms. The molecule has 0 amide bonds. The third kappa shape index (κ3) is 6.46. The minimum Gasteiger partial charge on any atom is -0.354 e. The fraction of sp³-hybridized carbons (Fsp3) is 0.478. The molecule has 1 saturated heterocycles. The lowest BCUT2D eigenvalue weighted by Crippen LogP contribution is -2.45. The van der Waals surface area contributed by atoms with Crippen molar-refractivity contribution in [3.63, 3.8) is 0 Å². The van der Waals surface area contributed by atoms with E-state index < -0.39 is 0 Å². The Morgan fingerprint density at radius 2 is 1.86 bits per heavy atom. The number of guanidine groups is 1. The number of aryl methyl sites for hydroxylation is 1. The quantitative estimate of drug-likeness (QED) is 0.558. The van der Waals surface area contributed by atoms with E-state index in [9.17, 15) is 0 Å². The lowest BCUT2D eigenvalue weighted by atomic mass is 10.1. The van der Waals surface area contributed by atoms with Gasteiger partial charge in [0.05, 0.1) is 0 Å². The van der Waals surface area contributed by atoms with Crippen LogP contribution in [0.3, 0.4) is 0 Å². The van der Waals surface area contributed by atoms with Crippen molar-refractivity contribution in [2.24, 2.45) is 4.99 Å². The van der Waals surface area contributed by atoms with Gasteiger partial charge in [-0.25, -0.2) is 4.98 Å². The van der Waals surface area contributed by atoms with Gasteiger partial charge in [-0.15, -0.1) is 0 Å². The number of hydrogen-bond acceptors (Lipinski definition) is 4. The molecule has 1 aliphatic heterocycles. The minimum absolute atomic E-state index is 0.340. The van der Waals surface area contributed by atoms with Crippen LogP contribution in [0, 0.1) is 0 Å². The lowest BCUT2D eigenvalue weighted by Gasteiger charge is -2.34. The monoisotopic (exact) mass is 394 g/mol. The number of nitrogens with one attached hydrogen (secondary N) is 2. The molecular weight excluding hydrogens is 360 g/mol. The van der Waals surface area contributed by atoms with Gasteiger partial charge in [-0.05, 0) is 38.4 Å². The van der Waals surface area contributed by atoms with Crippen molar-refractivity contribution in [1.82, 2.24) is 20.5 Å². The SMILES string of the molecule is CN=C(NCc1cccnc1N1CCN(C)CC1)NC(C)CCc1ccccc1. The number of aliphatic imine (C=N–C) groups is 1. The largest absolute Gasteiger partial charge is 0.354 e. The van der Waals surface area contributed by atoms with E-state index in [1.54, 1.807) is 0 Å². The Kier molecular flexibility index (Phi) is 7.87. The van der Waals surface area contributed by atoms with E-state index in [-0.39, 0.29) is 0 Å². The standard InChI is InChI=1S/C23H34N6/c1-19(11-12-20-8-5-4-6-9-20)27-23(24-2)26-18-21-10-7-13-25-22(21)29-16-14-28(3)15-17-29/h4-10,13,19H,11-12,14-18H2,1-3H3,(H2,24,26,27). The van der Waals surface area contributed by atoms with Crippen molar-refractivity contribution in [3.05, 3.63) is 59.8 Å². The second-order valence-electron chi connectivity index (χ2n) is 7.77. The Balaban J connectivity index is 1.51. The maximum Gasteiger partial charge on any atom is 0.191 e. The van der Waals surface area contributed by atoms with Crippen molar-refractivity contribution in [1.29, 1.82) is 0 Å². The van der Waals surface area contributed by atoms with Crippen LogP contribution >= 0.6 is 0 Å². The summed E-state index contributed by atoms with van der Waals surface area (Å²) in [5.74, 6) is 1.92. The van der Waals surface area contributed by atoms with Crippen LogP contribution < -0.4 is 15.5 Å². The summed E-state index contributed by atoms with van der Waals surface area (Å²) in [6, 6.07) is 15.1. The molecule has 0 saturated carbocycles. The molecule has 29 heavy (non-hydrogen) atoms. The van der Waals surface area contributed by atoms with Crippen LogP contribution in [-0.2, 0) is 13.0 Å². The van der Waals surface area contributed by atoms with Gasteiger partial charge in [0, 0.05) is 57.6 Å². The molecular formula is C23H34N6. The Morgan fingerprint density at radius 1 is 1.10 bits per heavy atom. The zero-order valence-corrected chi connectivity index (χ0v) is 17.9. The highest BCUT2D eigenvalue weighted by Gasteiger charge is 2.18. The van der Waals surface area contributed by atoms with E-state index in [0.717, 1.165) is 50.8 Å². The van der Waals surface area contributed by atoms with E-state index in [1.807, 2.05) is 19.3 Å². The molecule has 3 rings (SSSR count). The van der Waals surface area contributed by atoms with Crippen molar-refractivity contribution in [2.45, 2.75) is 32.4 Å². The first-order valence-electron chi connectivity index (χ1n) is 10.5. The van der Waals surface area contributed by atoms with E-state index in [0.29, 0.717) is 12.6 Å². The first kappa shape index (κ1) is 21.1. The number of likely N-dealkylation sites (N-methyl/N-ethyl adjacent to an activating group) is 1. The summed E-state index contributed by atoms with van der Waals surface area (Å²) in [6.45, 7) is 7.10. The normalized spacial score (nSPS) is 16.5. The summed E-state index contributed by atoms with van der Waals surface area (Å²) < 4.78 is 0. The van der Waals surface area contributed by atoms with E-state index in [2.05, 4.69) is 80.8 Å². The Morgan fingerprint density at radius 3 is 2.59 bits per heavy atom. The fourth-order valence-corrected chi connectivity index (χ4v) is 3.58. The number of rotatable bonds is 7. The highest BCUT2D eigenvalue weighted by atomic mass is 15.3. The summed E-state index contributed by atoms with van der Waals surface area (Å²) in [4.78, 5) is 13.8. The molecule has 0 spiro atoms. The summed E-state index contributed by atoms with van der Waals surface area (Å²) in [7, 11) is 4.00. The van der Waals surface area contributed by atoms with Crippen LogP contribution in [0.15, 0.2) is 53.7 Å². The molecule has 0 bridgehead atoms. The van der Waals surface area contributed by atoms with Gasteiger partial charge in [-0.1, -0.05) is 36.4 Å². The van der Waals surface area contributed by atoms with Gasteiger partial charge >= 0.3 is 0 Å². The average molecular weight is 395 g/mol. The molecule has 0 aliphatic carbocycles. The third-order valence-electron chi connectivity index (χ3n) is 5.43. The molecule has 1 unspecified atom stereocenters. The second kappa shape index (κ2) is 10.8. The van der Waals surface area contributed by atoms with Crippen molar-refractivity contribution in [3.8, 4) is 0 Å². The summed E-state index contributed by atoms with van der Waals surface area (Å²) >= 11 is 0. The molecule has 1 fully saturated rings. The van der Waals surface area contributed by atoms with Gasteiger partial charge in [-0.2, -0.15) is 0 Å². The van der Waals surface area contributed by atoms with E-state index in [4.69, 9.17) is 0 Å². The van der Waals surface area contributed by atoms with Crippen LogP contribution in [0.1, 0.15) is 24.5 Å². The molecule has 2 heterocycles. The zero-order valence-electron chi connectivity index (χ0n) is 17.9. The topological polar surface area (TPSA) is 55.8 Å². The Hall–Kier alpha value is -2.60. The van der Waals surface area contributed by atoms with Gasteiger partial charge in [0.2, 0.25) is 0 Å². The first-order valence-corrected chi connectivity index (χ1v) is 10.5. The number of nitrogens with zero attached hydrogens (tertiary/aromatic N) is 4. The molecule has 2 aromatic rings. The molecule has 1 aliphatic rings. The molecule has 1 aromatic heterocycles. The van der Waals surface area contributed by atoms with Crippen molar-refractivity contribution < 1.29 is 0 Å². The number of benzene rings is 1. The Bertz CT molecular complexity index is 768. The van der Waals surface area contributed by atoms with Gasteiger partial charge < -0.3 is 20.4 Å². The molecule has 6 nitrogen and oxygen atoms in total.